The van der Waals surface area contributed by atoms with Gasteiger partial charge in [-0.15, -0.1) is 0 Å². The molecule has 1 aliphatic heterocycles. The number of hydrogen-bond donors (Lipinski definition) is 3. The third kappa shape index (κ3) is 4.93. The quantitative estimate of drug-likeness (QED) is 0.737. The molecule has 2 fully saturated rings. The van der Waals surface area contributed by atoms with E-state index >= 15 is 0 Å². The molecule has 20 heavy (non-hydrogen) atoms. The van der Waals surface area contributed by atoms with Crippen molar-refractivity contribution in [1.29, 1.82) is 0 Å². The first-order chi connectivity index (χ1) is 9.39. The third-order valence-electron chi connectivity index (χ3n) is 4.58. The lowest BCUT2D eigenvalue weighted by Gasteiger charge is -2.40. The minimum absolute atomic E-state index is 0.0586. The molecule has 0 aromatic carbocycles. The second kappa shape index (κ2) is 6.67. The number of carbonyl (C=O) groups excluding carboxylic acids is 1. The van der Waals surface area contributed by atoms with Crippen molar-refractivity contribution in [3.8, 4) is 0 Å². The van der Waals surface area contributed by atoms with Gasteiger partial charge in [-0.3, -0.25) is 4.79 Å². The van der Waals surface area contributed by atoms with E-state index in [1.807, 2.05) is 11.8 Å². The number of carbonyl (C=O) groups is 1. The Hall–Kier alpha value is -0.260. The fourth-order valence-corrected chi connectivity index (χ4v) is 3.83. The predicted molar refractivity (Wildman–Crippen MR) is 83.9 cm³/mol. The maximum absolute atomic E-state index is 12.0. The van der Waals surface area contributed by atoms with Crippen LogP contribution in [0.5, 0.6) is 0 Å². The number of amides is 1. The number of hydrogen-bond acceptors (Lipinski definition) is 4. The van der Waals surface area contributed by atoms with E-state index in [1.165, 1.54) is 0 Å². The van der Waals surface area contributed by atoms with Crippen LogP contribution < -0.4 is 10.6 Å². The van der Waals surface area contributed by atoms with Crippen molar-refractivity contribution in [2.75, 3.05) is 24.6 Å². The lowest BCUT2D eigenvalue weighted by Crippen LogP contribution is -2.48. The van der Waals surface area contributed by atoms with Crippen LogP contribution in [0.4, 0.5) is 0 Å². The largest absolute Gasteiger partial charge is 0.388 e. The van der Waals surface area contributed by atoms with Crippen LogP contribution in [0.3, 0.4) is 0 Å². The maximum atomic E-state index is 12.0. The summed E-state index contributed by atoms with van der Waals surface area (Å²) >= 11 is 1.90. The number of rotatable bonds is 4. The Labute approximate surface area is 126 Å². The van der Waals surface area contributed by atoms with Gasteiger partial charge in [0.2, 0.25) is 5.91 Å². The molecule has 2 rings (SSSR count). The molecule has 1 heterocycles. The van der Waals surface area contributed by atoms with E-state index in [1.54, 1.807) is 0 Å². The van der Waals surface area contributed by atoms with Crippen molar-refractivity contribution in [2.45, 2.75) is 57.6 Å². The maximum Gasteiger partial charge on any atom is 0.221 e. The monoisotopic (exact) mass is 300 g/mol. The fourth-order valence-electron chi connectivity index (χ4n) is 2.88. The van der Waals surface area contributed by atoms with Gasteiger partial charge in [0.05, 0.1) is 5.60 Å². The van der Waals surface area contributed by atoms with Gasteiger partial charge in [-0.2, -0.15) is 11.8 Å². The Morgan fingerprint density at radius 1 is 1.35 bits per heavy atom. The number of aliphatic hydroxyl groups is 1. The van der Waals surface area contributed by atoms with E-state index in [2.05, 4.69) is 24.5 Å². The van der Waals surface area contributed by atoms with E-state index in [9.17, 15) is 9.90 Å². The summed E-state index contributed by atoms with van der Waals surface area (Å²) in [4.78, 5) is 12.0. The van der Waals surface area contributed by atoms with E-state index in [0.29, 0.717) is 18.4 Å². The topological polar surface area (TPSA) is 61.4 Å². The van der Waals surface area contributed by atoms with Crippen LogP contribution in [0.1, 0.15) is 46.0 Å². The molecule has 0 radical (unpaired) electrons. The molecule has 1 atom stereocenters. The van der Waals surface area contributed by atoms with E-state index < -0.39 is 5.60 Å². The average molecular weight is 300 g/mol. The molecule has 0 bridgehead atoms. The van der Waals surface area contributed by atoms with Gasteiger partial charge >= 0.3 is 0 Å². The average Bonchev–Trinajstić information content (AvgIpc) is 2.42. The summed E-state index contributed by atoms with van der Waals surface area (Å²) < 4.78 is 0. The first kappa shape index (κ1) is 16.1. The first-order valence-electron chi connectivity index (χ1n) is 7.69. The van der Waals surface area contributed by atoms with Gasteiger partial charge in [0.15, 0.2) is 0 Å². The van der Waals surface area contributed by atoms with Crippen LogP contribution in [-0.4, -0.2) is 47.3 Å². The summed E-state index contributed by atoms with van der Waals surface area (Å²) in [6, 6.07) is 0.286. The molecule has 1 unspecified atom stereocenters. The van der Waals surface area contributed by atoms with E-state index in [-0.39, 0.29) is 11.9 Å². The van der Waals surface area contributed by atoms with Gasteiger partial charge in [0, 0.05) is 37.1 Å². The molecule has 3 N–H and O–H groups in total. The molecule has 5 heteroatoms. The van der Waals surface area contributed by atoms with Crippen molar-refractivity contribution >= 4 is 17.7 Å². The number of thioether (sulfide) groups is 1. The van der Waals surface area contributed by atoms with Crippen molar-refractivity contribution in [3.05, 3.63) is 0 Å². The minimum Gasteiger partial charge on any atom is -0.388 e. The van der Waals surface area contributed by atoms with Crippen molar-refractivity contribution < 1.29 is 9.90 Å². The van der Waals surface area contributed by atoms with Crippen molar-refractivity contribution in [2.24, 2.45) is 5.41 Å². The van der Waals surface area contributed by atoms with Gasteiger partial charge in [0.1, 0.15) is 0 Å². The fraction of sp³-hybridized carbons (Fsp3) is 0.933. The molecule has 2 aliphatic rings. The predicted octanol–water partition coefficient (Wildman–Crippen LogP) is 1.53. The summed E-state index contributed by atoms with van der Waals surface area (Å²) in [6.07, 6.45) is 4.16. The summed E-state index contributed by atoms with van der Waals surface area (Å²) in [7, 11) is 0. The van der Waals surface area contributed by atoms with Crippen LogP contribution in [0, 0.1) is 5.41 Å². The summed E-state index contributed by atoms with van der Waals surface area (Å²) in [6.45, 7) is 5.89. The standard InChI is InChI=1S/C15H28N2O2S/c1-14(2)3-5-15(19,6-4-14)11-17-13(18)9-12-10-20-8-7-16-12/h12,16,19H,3-11H2,1-2H3,(H,17,18). The zero-order valence-electron chi connectivity index (χ0n) is 12.7. The van der Waals surface area contributed by atoms with Gasteiger partial charge in [0.25, 0.3) is 0 Å². The molecule has 4 nitrogen and oxygen atoms in total. The van der Waals surface area contributed by atoms with E-state index in [4.69, 9.17) is 0 Å². The highest BCUT2D eigenvalue weighted by Gasteiger charge is 2.36. The lowest BCUT2D eigenvalue weighted by atomic mass is 9.71. The summed E-state index contributed by atoms with van der Waals surface area (Å²) in [5.74, 6) is 2.20. The highest BCUT2D eigenvalue weighted by atomic mass is 32.2. The van der Waals surface area contributed by atoms with Gasteiger partial charge in [-0.25, -0.2) is 0 Å². The Kier molecular flexibility index (Phi) is 5.37. The van der Waals surface area contributed by atoms with Crippen LogP contribution in [-0.2, 0) is 4.79 Å². The molecule has 1 aliphatic carbocycles. The Morgan fingerprint density at radius 3 is 2.65 bits per heavy atom. The molecule has 1 saturated heterocycles. The second-order valence-electron chi connectivity index (χ2n) is 7.10. The second-order valence-corrected chi connectivity index (χ2v) is 8.25. The molecule has 1 amide bonds. The molecule has 0 aromatic rings. The van der Waals surface area contributed by atoms with Crippen LogP contribution >= 0.6 is 11.8 Å². The molecule has 0 spiro atoms. The normalized spacial score (nSPS) is 28.9. The van der Waals surface area contributed by atoms with Crippen molar-refractivity contribution in [3.63, 3.8) is 0 Å². The van der Waals surface area contributed by atoms with Crippen LogP contribution in [0.2, 0.25) is 0 Å². The van der Waals surface area contributed by atoms with E-state index in [0.717, 1.165) is 43.7 Å². The highest BCUT2D eigenvalue weighted by molar-refractivity contribution is 7.99. The van der Waals surface area contributed by atoms with Crippen molar-refractivity contribution in [1.82, 2.24) is 10.6 Å². The first-order valence-corrected chi connectivity index (χ1v) is 8.84. The highest BCUT2D eigenvalue weighted by Crippen LogP contribution is 2.39. The lowest BCUT2D eigenvalue weighted by molar-refractivity contribution is -0.123. The molecule has 116 valence electrons. The molecular formula is C15H28N2O2S. The van der Waals surface area contributed by atoms with Gasteiger partial charge < -0.3 is 15.7 Å². The molecule has 0 aromatic heterocycles. The Morgan fingerprint density at radius 2 is 2.05 bits per heavy atom. The summed E-state index contributed by atoms with van der Waals surface area (Å²) in [5, 5.41) is 16.8. The molecular weight excluding hydrogens is 272 g/mol. The Balaban J connectivity index is 1.70. The SMILES string of the molecule is CC1(C)CCC(O)(CNC(=O)CC2CSCCN2)CC1. The van der Waals surface area contributed by atoms with Gasteiger partial charge in [-0.1, -0.05) is 13.8 Å². The van der Waals surface area contributed by atoms with Gasteiger partial charge in [-0.05, 0) is 31.1 Å². The molecule has 1 saturated carbocycles. The zero-order valence-corrected chi connectivity index (χ0v) is 13.5. The smallest absolute Gasteiger partial charge is 0.221 e. The third-order valence-corrected chi connectivity index (χ3v) is 5.71. The Bertz CT molecular complexity index is 331. The zero-order chi connectivity index (χ0) is 14.6. The summed E-state index contributed by atoms with van der Waals surface area (Å²) in [5.41, 5.74) is -0.362. The van der Waals surface area contributed by atoms with Crippen LogP contribution in [0.15, 0.2) is 0 Å². The van der Waals surface area contributed by atoms with Crippen LogP contribution in [0.25, 0.3) is 0 Å². The number of nitrogens with one attached hydrogen (secondary N) is 2. The minimum atomic E-state index is -0.695.